The van der Waals surface area contributed by atoms with E-state index in [1.807, 2.05) is 58.0 Å². The van der Waals surface area contributed by atoms with Crippen molar-refractivity contribution in [2.45, 2.75) is 127 Å². The molecule has 0 unspecified atom stereocenters. The summed E-state index contributed by atoms with van der Waals surface area (Å²) in [6, 6.07) is 16.5. The standard InChI is InChI=1S/C32H37N2.C13H24O2.Ir/c1-20-14-23(19-31(4,5)6)15-21(2)30(20)27-18-29(34-33-22(27)3)25-16-24-12-10-11-13-26(24)28(17-25)32(7,8)9;1-5-10(6-2)12(14)9-13(15)11(7-3)8-4;/h10-15,17-18H,19H2,1-9H3;9-11,14H,5-8H2,1-4H3;/q-1;;/b;12-9-;/i1D3,2D3,3D3,19D2;;. The molecular weight excluding hydrogens is 793 g/mol. The van der Waals surface area contributed by atoms with Gasteiger partial charge in [-0.2, -0.15) is 10.2 Å². The number of benzene rings is 3. The van der Waals surface area contributed by atoms with Crippen molar-refractivity contribution in [2.24, 2.45) is 17.3 Å². The minimum absolute atomic E-state index is 0. The van der Waals surface area contributed by atoms with Gasteiger partial charge in [-0.15, -0.1) is 29.1 Å². The molecule has 0 amide bonds. The van der Waals surface area contributed by atoms with E-state index in [2.05, 4.69) is 37.0 Å². The van der Waals surface area contributed by atoms with Crippen molar-refractivity contribution >= 4 is 16.6 Å². The van der Waals surface area contributed by atoms with E-state index in [-0.39, 0.29) is 71.3 Å². The van der Waals surface area contributed by atoms with Gasteiger partial charge >= 0.3 is 0 Å². The van der Waals surface area contributed by atoms with Crippen molar-refractivity contribution in [3.05, 3.63) is 94.4 Å². The summed E-state index contributed by atoms with van der Waals surface area (Å²) >= 11 is 0. The van der Waals surface area contributed by atoms with Crippen molar-refractivity contribution in [3.8, 4) is 22.4 Å². The van der Waals surface area contributed by atoms with Gasteiger partial charge in [0.05, 0.1) is 11.5 Å². The molecule has 0 spiro atoms. The summed E-state index contributed by atoms with van der Waals surface area (Å²) in [4.78, 5) is 11.7. The second kappa shape index (κ2) is 18.4. The van der Waals surface area contributed by atoms with Gasteiger partial charge in [0.15, 0.2) is 5.78 Å². The number of aromatic nitrogens is 2. The molecule has 4 nitrogen and oxygen atoms in total. The summed E-state index contributed by atoms with van der Waals surface area (Å²) in [5, 5.41) is 19.8. The van der Waals surface area contributed by atoms with E-state index in [1.165, 1.54) is 12.1 Å². The fourth-order valence-corrected chi connectivity index (χ4v) is 5.92. The Morgan fingerprint density at radius 1 is 0.880 bits per heavy atom. The second-order valence-corrected chi connectivity index (χ2v) is 14.7. The maximum atomic E-state index is 11.7. The number of carbonyl (C=O) groups is 1. The van der Waals surface area contributed by atoms with Crippen LogP contribution in [0.1, 0.15) is 138 Å². The molecule has 0 aliphatic heterocycles. The van der Waals surface area contributed by atoms with Crippen LogP contribution in [0, 0.1) is 43.9 Å². The molecular formula is C45H61IrN2O2-. The molecule has 50 heavy (non-hydrogen) atoms. The molecule has 0 bridgehead atoms. The van der Waals surface area contributed by atoms with Crippen LogP contribution in [0.3, 0.4) is 0 Å². The van der Waals surface area contributed by atoms with Crippen LogP contribution in [0.2, 0.25) is 0 Å². The van der Waals surface area contributed by atoms with Crippen molar-refractivity contribution < 1.29 is 45.1 Å². The number of allylic oxidation sites excluding steroid dienone is 2. The Balaban J connectivity index is 0.000000683. The van der Waals surface area contributed by atoms with Crippen molar-refractivity contribution in [1.29, 1.82) is 0 Å². The Morgan fingerprint density at radius 3 is 2.00 bits per heavy atom. The number of aliphatic hydroxyl groups is 1. The van der Waals surface area contributed by atoms with Crippen LogP contribution in [0.25, 0.3) is 33.2 Å². The fourth-order valence-electron chi connectivity index (χ4n) is 5.92. The topological polar surface area (TPSA) is 63.1 Å². The number of ketones is 1. The van der Waals surface area contributed by atoms with Crippen LogP contribution in [-0.2, 0) is 36.7 Å². The van der Waals surface area contributed by atoms with Crippen LogP contribution in [-0.4, -0.2) is 21.1 Å². The summed E-state index contributed by atoms with van der Waals surface area (Å²) in [5.41, 5.74) is -1.95. The fraction of sp³-hybridized carbons (Fsp3) is 0.489. The summed E-state index contributed by atoms with van der Waals surface area (Å²) in [6.07, 6.45) is 2.77. The molecule has 0 saturated heterocycles. The number of aryl methyl sites for hydroxylation is 3. The molecule has 1 N–H and O–H groups in total. The minimum atomic E-state index is -2.94. The largest absolute Gasteiger partial charge is 0.512 e. The van der Waals surface area contributed by atoms with Gasteiger partial charge in [0.1, 0.15) is 0 Å². The average Bonchev–Trinajstić information content (AvgIpc) is 3.12. The van der Waals surface area contributed by atoms with Gasteiger partial charge in [-0.3, -0.25) is 4.79 Å². The SMILES string of the molecule is CCC(CC)C(=O)/C=C(\O)C(CC)CC.[2H]C([2H])([2H])c1cc(C([2H])([2H])C(C)(C)C)cc(C([2H])([2H])[2H])c1-c1cc(-c2[c-]c3ccccc3c(C(C)(C)C)c2)nnc1C([2H])([2H])[2H].[Ir]. The Kier molecular flexibility index (Phi) is 10.5. The van der Waals surface area contributed by atoms with Gasteiger partial charge in [0, 0.05) is 64.4 Å². The molecule has 1 radical (unpaired) electrons. The van der Waals surface area contributed by atoms with Gasteiger partial charge in [-0.1, -0.05) is 117 Å². The number of nitrogens with zero attached hydrogens (tertiary/aromatic N) is 2. The third-order valence-corrected chi connectivity index (χ3v) is 8.66. The van der Waals surface area contributed by atoms with Crippen LogP contribution in [0.15, 0.2) is 60.4 Å². The zero-order chi connectivity index (χ0) is 46.0. The third-order valence-electron chi connectivity index (χ3n) is 8.66. The van der Waals surface area contributed by atoms with Gasteiger partial charge in [0.2, 0.25) is 0 Å². The molecule has 0 fully saturated rings. The number of hydrogen-bond acceptors (Lipinski definition) is 4. The molecule has 5 heteroatoms. The number of fused-ring (bicyclic) bond motifs is 1. The first-order chi connectivity index (χ1) is 27.3. The predicted octanol–water partition coefficient (Wildman–Crippen LogP) is 12.4. The van der Waals surface area contributed by atoms with Gasteiger partial charge in [-0.25, -0.2) is 0 Å². The summed E-state index contributed by atoms with van der Waals surface area (Å²) in [5.74, 6) is 0.547. The molecule has 3 aromatic carbocycles. The number of hydrogen-bond donors (Lipinski definition) is 1. The van der Waals surface area contributed by atoms with Crippen molar-refractivity contribution in [2.75, 3.05) is 0 Å². The van der Waals surface area contributed by atoms with E-state index in [0.717, 1.165) is 54.2 Å². The van der Waals surface area contributed by atoms with E-state index in [4.69, 9.17) is 15.1 Å². The summed E-state index contributed by atoms with van der Waals surface area (Å²) < 4.78 is 92.6. The maximum absolute atomic E-state index is 11.7. The van der Waals surface area contributed by atoms with Crippen LogP contribution < -0.4 is 0 Å². The number of aliphatic hydroxyl groups excluding tert-OH is 1. The first kappa shape index (κ1) is 28.4. The minimum Gasteiger partial charge on any atom is -0.512 e. The van der Waals surface area contributed by atoms with E-state index in [1.54, 1.807) is 20.8 Å². The zero-order valence-corrected chi connectivity index (χ0v) is 33.7. The van der Waals surface area contributed by atoms with Gasteiger partial charge in [0.25, 0.3) is 0 Å². The maximum Gasteiger partial charge on any atom is 0.162 e. The van der Waals surface area contributed by atoms with Crippen molar-refractivity contribution in [1.82, 2.24) is 10.2 Å². The normalized spacial score (nSPS) is 16.5. The number of carbonyl (C=O) groups excluding carboxylic acids is 1. The molecule has 1 aromatic heterocycles. The molecule has 0 aliphatic carbocycles. The second-order valence-electron chi connectivity index (χ2n) is 14.7. The summed E-state index contributed by atoms with van der Waals surface area (Å²) in [6.45, 7) is 10.3. The Morgan fingerprint density at radius 2 is 1.48 bits per heavy atom. The third kappa shape index (κ3) is 11.2. The quantitative estimate of drug-likeness (QED) is 0.0980. The molecule has 0 aliphatic rings. The van der Waals surface area contributed by atoms with Crippen LogP contribution in [0.5, 0.6) is 0 Å². The van der Waals surface area contributed by atoms with Crippen LogP contribution in [0.4, 0.5) is 0 Å². The molecule has 0 saturated carbocycles. The monoisotopic (exact) mass is 866 g/mol. The number of rotatable bonds is 10. The van der Waals surface area contributed by atoms with Crippen LogP contribution >= 0.6 is 0 Å². The predicted molar refractivity (Wildman–Crippen MR) is 209 cm³/mol. The van der Waals surface area contributed by atoms with E-state index in [9.17, 15) is 9.90 Å². The molecule has 4 rings (SSSR count). The van der Waals surface area contributed by atoms with E-state index < -0.39 is 49.2 Å². The molecule has 273 valence electrons. The Labute approximate surface area is 332 Å². The van der Waals surface area contributed by atoms with Gasteiger partial charge < -0.3 is 5.11 Å². The van der Waals surface area contributed by atoms with Gasteiger partial charge in [-0.05, 0) is 85.7 Å². The smallest absolute Gasteiger partial charge is 0.162 e. The average molecular weight is 865 g/mol. The first-order valence-corrected chi connectivity index (χ1v) is 17.3. The summed E-state index contributed by atoms with van der Waals surface area (Å²) in [7, 11) is 0. The molecule has 4 aromatic rings. The zero-order valence-electron chi connectivity index (χ0n) is 42.3. The molecule has 1 heterocycles. The Bertz CT molecular complexity index is 2140. The van der Waals surface area contributed by atoms with Crippen molar-refractivity contribution in [3.63, 3.8) is 0 Å². The van der Waals surface area contributed by atoms with E-state index in [0.29, 0.717) is 5.56 Å². The molecule has 0 atom stereocenters. The first-order valence-electron chi connectivity index (χ1n) is 22.8. The van der Waals surface area contributed by atoms with E-state index >= 15 is 0 Å². The Hall–Kier alpha value is -3.14.